The van der Waals surface area contributed by atoms with E-state index in [1.807, 2.05) is 6.07 Å². The molecule has 0 saturated carbocycles. The Hall–Kier alpha value is -1.74. The summed E-state index contributed by atoms with van der Waals surface area (Å²) in [5, 5.41) is 10.0. The number of hydrogen-bond donors (Lipinski definition) is 1. The zero-order chi connectivity index (χ0) is 15.4. The highest BCUT2D eigenvalue weighted by atomic mass is 127. The lowest BCUT2D eigenvalue weighted by Gasteiger charge is -2.34. The normalized spacial score (nSPS) is 19.4. The lowest BCUT2D eigenvalue weighted by molar-refractivity contribution is 0.0687. The molecule has 0 atom stereocenters. The molecule has 1 amide bonds. The van der Waals surface area contributed by atoms with E-state index >= 15 is 0 Å². The molecular weight excluding hydrogens is 397 g/mol. The number of halogens is 1. The van der Waals surface area contributed by atoms with Crippen LogP contribution in [0.15, 0.2) is 48.6 Å². The van der Waals surface area contributed by atoms with Crippen molar-refractivity contribution in [2.24, 2.45) is 0 Å². The van der Waals surface area contributed by atoms with E-state index in [2.05, 4.69) is 9.88 Å². The number of carbonyl (C=O) groups is 1. The molecule has 0 bridgehead atoms. The summed E-state index contributed by atoms with van der Waals surface area (Å²) in [6.07, 6.45) is 6.58. The highest BCUT2D eigenvalue weighted by Crippen LogP contribution is 2.18. The van der Waals surface area contributed by atoms with E-state index in [-0.39, 0.29) is 11.7 Å². The number of nitrogens with zero attached hydrogens (tertiary/aromatic N) is 3. The van der Waals surface area contributed by atoms with Crippen molar-refractivity contribution < 1.29 is 13.0 Å². The molecule has 6 nitrogen and oxygen atoms in total. The summed E-state index contributed by atoms with van der Waals surface area (Å²) in [6.45, 7) is 2.61. The Labute approximate surface area is 139 Å². The smallest absolute Gasteiger partial charge is 0.272 e. The first-order valence-corrected chi connectivity index (χ1v) is 8.90. The van der Waals surface area contributed by atoms with Crippen molar-refractivity contribution >= 4 is 30.7 Å². The zero-order valence-corrected chi connectivity index (χ0v) is 14.0. The minimum atomic E-state index is -0.697. The minimum absolute atomic E-state index is 0.0431. The molecule has 1 aromatic rings. The SMILES string of the molecule is O=C(c1ccccn1)N1CCN(C2=IOC=CC=C2O)CC1. The maximum absolute atomic E-state index is 12.4. The number of hydrogen-bond acceptors (Lipinski definition) is 5. The van der Waals surface area contributed by atoms with Crippen molar-refractivity contribution in [1.82, 2.24) is 14.8 Å². The van der Waals surface area contributed by atoms with Crippen LogP contribution in [0.25, 0.3) is 0 Å². The Morgan fingerprint density at radius 1 is 1.27 bits per heavy atom. The third kappa shape index (κ3) is 3.36. The predicted molar refractivity (Wildman–Crippen MR) is 91.7 cm³/mol. The Morgan fingerprint density at radius 2 is 2.09 bits per heavy atom. The maximum atomic E-state index is 12.4. The Balaban J connectivity index is 1.63. The number of aliphatic hydroxyl groups excluding tert-OH is 1. The predicted octanol–water partition coefficient (Wildman–Crippen LogP) is 1.84. The van der Waals surface area contributed by atoms with Gasteiger partial charge in [0, 0.05) is 32.4 Å². The molecule has 0 spiro atoms. The van der Waals surface area contributed by atoms with Crippen LogP contribution in [0.2, 0.25) is 0 Å². The highest BCUT2D eigenvalue weighted by molar-refractivity contribution is 14.2. The molecule has 0 aromatic carbocycles. The van der Waals surface area contributed by atoms with Crippen LogP contribution in [-0.2, 0) is 3.07 Å². The molecule has 2 aliphatic rings. The van der Waals surface area contributed by atoms with E-state index in [9.17, 15) is 9.90 Å². The summed E-state index contributed by atoms with van der Waals surface area (Å²) >= 11 is -0.697. The van der Waals surface area contributed by atoms with Crippen LogP contribution < -0.4 is 0 Å². The topological polar surface area (TPSA) is 65.9 Å². The molecule has 22 heavy (non-hydrogen) atoms. The third-order valence-corrected chi connectivity index (χ3v) is 5.64. The molecule has 1 fully saturated rings. The minimum Gasteiger partial charge on any atom is -0.506 e. The van der Waals surface area contributed by atoms with Crippen LogP contribution in [0.4, 0.5) is 0 Å². The molecule has 7 heteroatoms. The van der Waals surface area contributed by atoms with Crippen LogP contribution in [-0.4, -0.2) is 55.6 Å². The molecule has 0 radical (unpaired) electrons. The van der Waals surface area contributed by atoms with E-state index in [1.54, 1.807) is 41.6 Å². The first kappa shape index (κ1) is 15.2. The summed E-state index contributed by atoms with van der Waals surface area (Å²) in [5.41, 5.74) is 0.473. The number of allylic oxidation sites excluding steroid dienone is 2. The fourth-order valence-corrected chi connectivity index (χ4v) is 4.03. The standard InChI is InChI=1S/C15H16IN3O3/c20-13-5-3-11-22-16-14(13)18-7-9-19(10-8-18)15(21)12-4-1-2-6-17-12/h1-6,11,20H,7-10H2. The number of pyridine rings is 1. The van der Waals surface area contributed by atoms with E-state index in [0.717, 1.165) is 3.63 Å². The third-order valence-electron chi connectivity index (χ3n) is 3.44. The van der Waals surface area contributed by atoms with Gasteiger partial charge in [-0.3, -0.25) is 14.7 Å². The largest absolute Gasteiger partial charge is 0.506 e. The van der Waals surface area contributed by atoms with Crippen LogP contribution in [0.3, 0.4) is 0 Å². The first-order valence-electron chi connectivity index (χ1n) is 6.94. The molecule has 1 N–H and O–H groups in total. The molecule has 3 heterocycles. The van der Waals surface area contributed by atoms with E-state index < -0.39 is 21.1 Å². The fourth-order valence-electron chi connectivity index (χ4n) is 2.30. The van der Waals surface area contributed by atoms with Gasteiger partial charge in [0.1, 0.15) is 36.2 Å². The number of aromatic nitrogens is 1. The number of amides is 1. The van der Waals surface area contributed by atoms with Gasteiger partial charge in [-0.1, -0.05) is 6.07 Å². The number of aliphatic hydroxyl groups is 1. The van der Waals surface area contributed by atoms with Crippen LogP contribution >= 0.6 is 21.1 Å². The lowest BCUT2D eigenvalue weighted by atomic mass is 10.2. The number of piperazine rings is 1. The van der Waals surface area contributed by atoms with E-state index in [4.69, 9.17) is 3.07 Å². The molecule has 116 valence electrons. The Bertz CT molecular complexity index is 635. The van der Waals surface area contributed by atoms with Gasteiger partial charge >= 0.3 is 0 Å². The average molecular weight is 413 g/mol. The molecule has 3 rings (SSSR count). The van der Waals surface area contributed by atoms with Crippen molar-refractivity contribution in [3.8, 4) is 0 Å². The van der Waals surface area contributed by atoms with Crippen molar-refractivity contribution in [2.45, 2.75) is 0 Å². The van der Waals surface area contributed by atoms with Gasteiger partial charge in [-0.15, -0.1) is 0 Å². The summed E-state index contributed by atoms with van der Waals surface area (Å²) in [7, 11) is 0. The first-order chi connectivity index (χ1) is 10.8. The van der Waals surface area contributed by atoms with Gasteiger partial charge < -0.3 is 13.1 Å². The van der Waals surface area contributed by atoms with Gasteiger partial charge in [-0.25, -0.2) is 0 Å². The molecule has 1 aromatic heterocycles. The quantitative estimate of drug-likeness (QED) is 0.750. The second-order valence-electron chi connectivity index (χ2n) is 4.83. The van der Waals surface area contributed by atoms with Gasteiger partial charge in [0.05, 0.1) is 6.26 Å². The highest BCUT2D eigenvalue weighted by Gasteiger charge is 2.26. The van der Waals surface area contributed by atoms with Crippen molar-refractivity contribution in [1.29, 1.82) is 0 Å². The van der Waals surface area contributed by atoms with Crippen LogP contribution in [0.1, 0.15) is 10.5 Å². The van der Waals surface area contributed by atoms with Gasteiger partial charge in [-0.2, -0.15) is 0 Å². The van der Waals surface area contributed by atoms with Crippen LogP contribution in [0, 0.1) is 0 Å². The van der Waals surface area contributed by atoms with Gasteiger partial charge in [0.2, 0.25) is 0 Å². The molecule has 0 unspecified atom stereocenters. The lowest BCUT2D eigenvalue weighted by Crippen LogP contribution is -2.50. The summed E-state index contributed by atoms with van der Waals surface area (Å²) in [5.74, 6) is 0.226. The zero-order valence-electron chi connectivity index (χ0n) is 11.9. The van der Waals surface area contributed by atoms with E-state index in [1.165, 1.54) is 0 Å². The van der Waals surface area contributed by atoms with Gasteiger partial charge in [-0.05, 0) is 24.3 Å². The fraction of sp³-hybridized carbons (Fsp3) is 0.267. The van der Waals surface area contributed by atoms with E-state index in [0.29, 0.717) is 31.9 Å². The Kier molecular flexibility index (Phi) is 4.84. The van der Waals surface area contributed by atoms with Crippen molar-refractivity contribution in [2.75, 3.05) is 26.2 Å². The Morgan fingerprint density at radius 3 is 2.82 bits per heavy atom. The average Bonchev–Trinajstić information content (AvgIpc) is 2.80. The second kappa shape index (κ2) is 7.01. The molecule has 1 saturated heterocycles. The summed E-state index contributed by atoms with van der Waals surface area (Å²) in [4.78, 5) is 20.4. The second-order valence-corrected chi connectivity index (χ2v) is 6.80. The molecular formula is C15H16IN3O3. The van der Waals surface area contributed by atoms with Gasteiger partial charge in [0.25, 0.3) is 5.91 Å². The molecule has 0 aliphatic carbocycles. The maximum Gasteiger partial charge on any atom is 0.272 e. The van der Waals surface area contributed by atoms with Gasteiger partial charge in [0.15, 0.2) is 0 Å². The van der Waals surface area contributed by atoms with Crippen LogP contribution in [0.5, 0.6) is 0 Å². The van der Waals surface area contributed by atoms with Crippen molar-refractivity contribution in [3.63, 3.8) is 0 Å². The summed E-state index contributed by atoms with van der Waals surface area (Å²) in [6, 6.07) is 5.34. The monoisotopic (exact) mass is 413 g/mol. The molecule has 2 aliphatic heterocycles. The number of rotatable bonds is 2. The number of carbonyl (C=O) groups excluding carboxylic acids is 1. The van der Waals surface area contributed by atoms with Crippen molar-refractivity contribution in [3.05, 3.63) is 54.3 Å². The summed E-state index contributed by atoms with van der Waals surface area (Å²) < 4.78 is 6.29.